The summed E-state index contributed by atoms with van der Waals surface area (Å²) in [5.74, 6) is 0. The Hall–Kier alpha value is -0.510. The zero-order valence-corrected chi connectivity index (χ0v) is 4.65. The normalized spacial score (nSPS) is 12.8. The minimum absolute atomic E-state index is 0.364. The summed E-state index contributed by atoms with van der Waals surface area (Å²) >= 11 is 4.73. The molecule has 0 radical (unpaired) electrons. The fourth-order valence-electron chi connectivity index (χ4n) is 0.164. The zero-order chi connectivity index (χ0) is 6.57. The van der Waals surface area contributed by atoms with Gasteiger partial charge in [0.05, 0.1) is 6.54 Å². The quantitative estimate of drug-likeness (QED) is 0.559. The van der Waals surface area contributed by atoms with Crippen LogP contribution in [0.15, 0.2) is 0 Å². The maximum atomic E-state index is 11.5. The largest absolute Gasteiger partial charge is 0.465 e. The van der Waals surface area contributed by atoms with Gasteiger partial charge in [0.1, 0.15) is 0 Å². The smallest absolute Gasteiger partial charge is 0.404 e. The molecule has 1 atom stereocenters. The van der Waals surface area contributed by atoms with Gasteiger partial charge in [0.2, 0.25) is 0 Å². The topological polar surface area (TPSA) is 49.3 Å². The highest BCUT2D eigenvalue weighted by atomic mass is 35.5. The van der Waals surface area contributed by atoms with Gasteiger partial charge in [-0.05, 0) is 0 Å². The molecule has 0 aromatic rings. The van der Waals surface area contributed by atoms with Gasteiger partial charge in [0.25, 0.3) is 0 Å². The summed E-state index contributed by atoms with van der Waals surface area (Å²) in [6, 6.07) is 0. The molecule has 5 heteroatoms. The van der Waals surface area contributed by atoms with Gasteiger partial charge >= 0.3 is 6.09 Å². The lowest BCUT2D eigenvalue weighted by Gasteiger charge is -1.96. The van der Waals surface area contributed by atoms with Crippen molar-refractivity contribution in [1.29, 1.82) is 0 Å². The van der Waals surface area contributed by atoms with Gasteiger partial charge in [-0.3, -0.25) is 0 Å². The zero-order valence-electron chi connectivity index (χ0n) is 3.90. The molecule has 8 heavy (non-hydrogen) atoms. The molecule has 0 fully saturated rings. The first kappa shape index (κ1) is 7.49. The first-order valence-electron chi connectivity index (χ1n) is 1.88. The Kier molecular flexibility index (Phi) is 3.26. The first-order valence-corrected chi connectivity index (χ1v) is 2.31. The second-order valence-corrected chi connectivity index (χ2v) is 1.55. The third-order valence-electron chi connectivity index (χ3n) is 0.408. The van der Waals surface area contributed by atoms with E-state index in [2.05, 4.69) is 0 Å². The van der Waals surface area contributed by atoms with Gasteiger partial charge in [-0.15, -0.1) is 0 Å². The molecule has 0 heterocycles. The molecule has 0 spiro atoms. The molecule has 0 saturated heterocycles. The fraction of sp³-hybridized carbons (Fsp3) is 0.667. The number of halogens is 2. The number of hydrogen-bond donors (Lipinski definition) is 2. The number of hydrogen-bond acceptors (Lipinski definition) is 1. The van der Waals surface area contributed by atoms with Gasteiger partial charge < -0.3 is 10.4 Å². The van der Waals surface area contributed by atoms with Crippen LogP contribution in [0.2, 0.25) is 0 Å². The number of amides is 1. The summed E-state index contributed by atoms with van der Waals surface area (Å²) in [6.07, 6.45) is -1.27. The molecule has 0 aliphatic rings. The van der Waals surface area contributed by atoms with Crippen molar-refractivity contribution in [2.75, 3.05) is 6.54 Å². The van der Waals surface area contributed by atoms with E-state index in [4.69, 9.17) is 16.7 Å². The second kappa shape index (κ2) is 3.49. The van der Waals surface area contributed by atoms with E-state index in [-0.39, 0.29) is 6.54 Å². The minimum atomic E-state index is -1.63. The Morgan fingerprint density at radius 1 is 2.00 bits per heavy atom. The predicted octanol–water partition coefficient (Wildman–Crippen LogP) is 0.788. The van der Waals surface area contributed by atoms with Crippen molar-refractivity contribution in [3.05, 3.63) is 0 Å². The predicted molar refractivity (Wildman–Crippen MR) is 26.8 cm³/mol. The SMILES string of the molecule is O=C(O)NCC(F)Cl. The van der Waals surface area contributed by atoms with Gasteiger partial charge in [-0.2, -0.15) is 0 Å². The Balaban J connectivity index is 3.05. The Morgan fingerprint density at radius 3 is 2.62 bits per heavy atom. The third-order valence-corrected chi connectivity index (χ3v) is 0.562. The molecule has 0 bridgehead atoms. The maximum absolute atomic E-state index is 11.5. The molecule has 2 N–H and O–H groups in total. The van der Waals surface area contributed by atoms with Gasteiger partial charge in [0, 0.05) is 0 Å². The van der Waals surface area contributed by atoms with E-state index < -0.39 is 11.7 Å². The second-order valence-electron chi connectivity index (χ2n) is 1.08. The Labute approximate surface area is 50.4 Å². The van der Waals surface area contributed by atoms with Gasteiger partial charge in [-0.25, -0.2) is 9.18 Å². The van der Waals surface area contributed by atoms with E-state index >= 15 is 0 Å². The van der Waals surface area contributed by atoms with Crippen LogP contribution in [0, 0.1) is 0 Å². The summed E-state index contributed by atoms with van der Waals surface area (Å²) < 4.78 is 11.5. The van der Waals surface area contributed by atoms with Crippen LogP contribution in [-0.2, 0) is 0 Å². The number of alkyl halides is 2. The van der Waals surface area contributed by atoms with Crippen molar-refractivity contribution in [3.8, 4) is 0 Å². The molecule has 0 saturated carbocycles. The van der Waals surface area contributed by atoms with E-state index in [1.54, 1.807) is 5.32 Å². The summed E-state index contributed by atoms with van der Waals surface area (Å²) in [5, 5.41) is 9.58. The lowest BCUT2D eigenvalue weighted by atomic mass is 10.7. The molecule has 1 unspecified atom stereocenters. The van der Waals surface area contributed by atoms with Crippen LogP contribution in [0.25, 0.3) is 0 Å². The number of carboxylic acid groups (broad SMARTS) is 1. The lowest BCUT2D eigenvalue weighted by molar-refractivity contribution is 0.192. The average Bonchev–Trinajstić information content (AvgIpc) is 1.61. The van der Waals surface area contributed by atoms with Crippen molar-refractivity contribution in [2.45, 2.75) is 5.63 Å². The number of nitrogens with one attached hydrogen (secondary N) is 1. The van der Waals surface area contributed by atoms with Crippen LogP contribution in [0.3, 0.4) is 0 Å². The van der Waals surface area contributed by atoms with Crippen molar-refractivity contribution in [1.82, 2.24) is 5.32 Å². The molecular weight excluding hydrogens is 136 g/mol. The van der Waals surface area contributed by atoms with E-state index in [9.17, 15) is 9.18 Å². The van der Waals surface area contributed by atoms with Gasteiger partial charge in [-0.1, -0.05) is 11.6 Å². The standard InChI is InChI=1S/C3H5ClFNO2/c4-2(5)1-6-3(7)8/h2,6H,1H2,(H,7,8). The van der Waals surface area contributed by atoms with Crippen molar-refractivity contribution < 1.29 is 14.3 Å². The average molecular weight is 142 g/mol. The van der Waals surface area contributed by atoms with Crippen LogP contribution in [0.1, 0.15) is 0 Å². The van der Waals surface area contributed by atoms with E-state index in [0.29, 0.717) is 0 Å². The molecule has 0 aliphatic carbocycles. The lowest BCUT2D eigenvalue weighted by Crippen LogP contribution is -2.25. The van der Waals surface area contributed by atoms with E-state index in [1.165, 1.54) is 0 Å². The van der Waals surface area contributed by atoms with Crippen LogP contribution in [0.4, 0.5) is 9.18 Å². The monoisotopic (exact) mass is 141 g/mol. The molecular formula is C3H5ClFNO2. The van der Waals surface area contributed by atoms with Crippen LogP contribution in [-0.4, -0.2) is 23.4 Å². The van der Waals surface area contributed by atoms with Crippen LogP contribution < -0.4 is 5.32 Å². The number of carbonyl (C=O) groups is 1. The molecule has 1 amide bonds. The molecule has 0 aromatic carbocycles. The van der Waals surface area contributed by atoms with Crippen molar-refractivity contribution >= 4 is 17.7 Å². The maximum Gasteiger partial charge on any atom is 0.404 e. The first-order chi connectivity index (χ1) is 3.63. The fourth-order valence-corrected chi connectivity index (χ4v) is 0.242. The van der Waals surface area contributed by atoms with Crippen molar-refractivity contribution in [3.63, 3.8) is 0 Å². The summed E-state index contributed by atoms with van der Waals surface area (Å²) in [6.45, 7) is -0.364. The van der Waals surface area contributed by atoms with Gasteiger partial charge in [0.15, 0.2) is 5.63 Å². The van der Waals surface area contributed by atoms with Crippen molar-refractivity contribution in [2.24, 2.45) is 0 Å². The Morgan fingerprint density at radius 2 is 2.50 bits per heavy atom. The Bertz CT molecular complexity index is 87.4. The highest BCUT2D eigenvalue weighted by Gasteiger charge is 2.00. The minimum Gasteiger partial charge on any atom is -0.465 e. The van der Waals surface area contributed by atoms with E-state index in [1.807, 2.05) is 0 Å². The number of rotatable bonds is 2. The molecule has 0 aromatic heterocycles. The molecule has 3 nitrogen and oxygen atoms in total. The van der Waals surface area contributed by atoms with Crippen LogP contribution >= 0.6 is 11.6 Å². The summed E-state index contributed by atoms with van der Waals surface area (Å²) in [4.78, 5) is 9.57. The molecule has 0 aliphatic heterocycles. The third kappa shape index (κ3) is 5.49. The highest BCUT2D eigenvalue weighted by molar-refractivity contribution is 6.19. The highest BCUT2D eigenvalue weighted by Crippen LogP contribution is 1.92. The summed E-state index contributed by atoms with van der Waals surface area (Å²) in [7, 11) is 0. The van der Waals surface area contributed by atoms with E-state index in [0.717, 1.165) is 0 Å². The van der Waals surface area contributed by atoms with Crippen LogP contribution in [0.5, 0.6) is 0 Å². The molecule has 0 rings (SSSR count). The molecule has 48 valence electrons. The summed E-state index contributed by atoms with van der Waals surface area (Å²) in [5.41, 5.74) is -1.63.